The number of fused-ring (bicyclic) bond motifs is 13. The molecule has 270 valence electrons. The molecule has 1 aromatic rings. The number of carbonyl (C=O) groups excluding carboxylic acids is 4. The monoisotopic (exact) mass is 674 g/mol. The Morgan fingerprint density at radius 3 is 2.15 bits per heavy atom. The van der Waals surface area contributed by atoms with Crippen LogP contribution in [0, 0.1) is 11.8 Å². The number of ether oxygens (including phenoxy) is 4. The highest BCUT2D eigenvalue weighted by atomic mass is 16.6. The van der Waals surface area contributed by atoms with Crippen LogP contribution in [-0.2, 0) is 30.2 Å². The predicted octanol–water partition coefficient (Wildman–Crippen LogP) is 5.02. The van der Waals surface area contributed by atoms with Gasteiger partial charge in [-0.2, -0.15) is 0 Å². The van der Waals surface area contributed by atoms with Gasteiger partial charge in [0, 0.05) is 19.1 Å². The van der Waals surface area contributed by atoms with Crippen LogP contribution in [0.5, 0.6) is 5.75 Å². The van der Waals surface area contributed by atoms with E-state index in [1.807, 2.05) is 38.1 Å². The summed E-state index contributed by atoms with van der Waals surface area (Å²) < 4.78 is 22.8. The average Bonchev–Trinajstić information content (AvgIpc) is 2.92. The number of hydrogen-bond donors (Lipinski definition) is 4. The molecular formula is C36H58N4O8. The van der Waals surface area contributed by atoms with E-state index in [0.29, 0.717) is 32.7 Å². The maximum Gasteiger partial charge on any atom is 0.407 e. The summed E-state index contributed by atoms with van der Waals surface area (Å²) in [5.41, 5.74) is -1.96. The fourth-order valence-corrected chi connectivity index (χ4v) is 5.65. The van der Waals surface area contributed by atoms with Gasteiger partial charge < -0.3 is 40.2 Å². The van der Waals surface area contributed by atoms with E-state index >= 15 is 0 Å². The Morgan fingerprint density at radius 2 is 1.54 bits per heavy atom. The van der Waals surface area contributed by atoms with Crippen molar-refractivity contribution in [2.75, 3.05) is 19.8 Å². The molecule has 1 aromatic carbocycles. The lowest BCUT2D eigenvalue weighted by molar-refractivity contribution is -0.163. The molecule has 4 rings (SSSR count). The lowest BCUT2D eigenvalue weighted by atomic mass is 9.73. The van der Waals surface area contributed by atoms with Gasteiger partial charge in [-0.1, -0.05) is 26.0 Å². The van der Waals surface area contributed by atoms with Crippen molar-refractivity contribution in [3.05, 3.63) is 29.8 Å². The Balaban J connectivity index is 1.76. The number of hydrogen-bond acceptors (Lipinski definition) is 8. The number of carbonyl (C=O) groups is 4. The van der Waals surface area contributed by atoms with Crippen molar-refractivity contribution in [1.82, 2.24) is 21.3 Å². The van der Waals surface area contributed by atoms with Gasteiger partial charge in [0.1, 0.15) is 28.5 Å². The third kappa shape index (κ3) is 13.2. The molecule has 0 saturated heterocycles. The number of rotatable bonds is 7. The molecule has 1 saturated carbocycles. The van der Waals surface area contributed by atoms with E-state index < -0.39 is 40.9 Å². The SMILES string of the molecule is CC(C)[C@H]1COCCCCOc2ccc(cc2)C[C@@H](NC(=O)N[C@@](C)(C[C@H]2C[C@H](NC(=O)OC(C)(C)C)C2)C(=O)OC(C)(C)C)C(=O)N1. The Hall–Kier alpha value is -3.54. The van der Waals surface area contributed by atoms with Crippen LogP contribution in [0.3, 0.4) is 0 Å². The molecule has 4 N–H and O–H groups in total. The zero-order chi connectivity index (χ0) is 35.7. The van der Waals surface area contributed by atoms with Crippen LogP contribution < -0.4 is 26.0 Å². The topological polar surface area (TPSA) is 153 Å². The molecule has 48 heavy (non-hydrogen) atoms. The molecule has 12 heteroatoms. The molecule has 1 aliphatic carbocycles. The van der Waals surface area contributed by atoms with E-state index in [4.69, 9.17) is 18.9 Å². The Labute approximate surface area is 286 Å². The zero-order valence-electron chi connectivity index (χ0n) is 30.3. The fraction of sp³-hybridized carbons (Fsp3) is 0.722. The Bertz CT molecular complexity index is 1230. The Morgan fingerprint density at radius 1 is 0.917 bits per heavy atom. The lowest BCUT2D eigenvalue weighted by Crippen LogP contribution is -2.62. The number of esters is 1. The van der Waals surface area contributed by atoms with Gasteiger partial charge >= 0.3 is 18.1 Å². The summed E-state index contributed by atoms with van der Waals surface area (Å²) in [5, 5.41) is 11.6. The first-order valence-corrected chi connectivity index (χ1v) is 17.2. The van der Waals surface area contributed by atoms with E-state index in [1.54, 1.807) is 48.5 Å². The summed E-state index contributed by atoms with van der Waals surface area (Å²) in [6.45, 7) is 17.8. The standard InChI is InChI=1S/C36H58N4O8/c1-23(2)29-22-45-16-10-11-17-46-27-14-12-24(13-15-27)20-28(30(41)38-29)39-32(43)40-36(9,31(42)47-34(3,4)5)21-25-18-26(19-25)37-33(44)48-35(6,7)8/h12-15,23,25-26,28-29H,10-11,16-22H2,1-9H3,(H,37,44)(H,38,41)(H2,39,40,43)/t25-,26-,28-,29-,36+/m1/s1. The summed E-state index contributed by atoms with van der Waals surface area (Å²) in [4.78, 5) is 53.2. The van der Waals surface area contributed by atoms with E-state index in [1.165, 1.54) is 0 Å². The molecule has 3 atom stereocenters. The van der Waals surface area contributed by atoms with E-state index in [0.717, 1.165) is 24.2 Å². The fourth-order valence-electron chi connectivity index (χ4n) is 5.65. The summed E-state index contributed by atoms with van der Waals surface area (Å²) in [6, 6.07) is 5.50. The molecule has 2 heterocycles. The molecule has 12 nitrogen and oxygen atoms in total. The van der Waals surface area contributed by atoms with Crippen LogP contribution in [0.4, 0.5) is 9.59 Å². The van der Waals surface area contributed by atoms with Crippen LogP contribution in [-0.4, -0.2) is 78.7 Å². The van der Waals surface area contributed by atoms with Crippen molar-refractivity contribution >= 4 is 24.0 Å². The molecular weight excluding hydrogens is 616 g/mol. The largest absolute Gasteiger partial charge is 0.494 e. The number of nitrogens with one attached hydrogen (secondary N) is 4. The van der Waals surface area contributed by atoms with Gasteiger partial charge in [-0.3, -0.25) is 4.79 Å². The highest BCUT2D eigenvalue weighted by Crippen LogP contribution is 2.35. The van der Waals surface area contributed by atoms with Gasteiger partial charge in [0.05, 0.1) is 19.3 Å². The van der Waals surface area contributed by atoms with Crippen molar-refractivity contribution in [3.63, 3.8) is 0 Å². The second-order valence-corrected chi connectivity index (χ2v) is 15.7. The van der Waals surface area contributed by atoms with E-state index in [-0.39, 0.29) is 42.7 Å². The zero-order valence-corrected chi connectivity index (χ0v) is 30.3. The normalized spacial score (nSPS) is 23.8. The summed E-state index contributed by atoms with van der Waals surface area (Å²) in [7, 11) is 0. The molecule has 0 spiro atoms. The summed E-state index contributed by atoms with van der Waals surface area (Å²) >= 11 is 0. The molecule has 0 radical (unpaired) electrons. The number of alkyl carbamates (subject to hydrolysis) is 1. The van der Waals surface area contributed by atoms with Crippen molar-refractivity contribution in [3.8, 4) is 5.75 Å². The third-order valence-electron chi connectivity index (χ3n) is 8.26. The maximum atomic E-state index is 13.7. The Kier molecular flexibility index (Phi) is 13.5. The van der Waals surface area contributed by atoms with Gasteiger partial charge in [-0.15, -0.1) is 0 Å². The molecule has 0 unspecified atom stereocenters. The average molecular weight is 675 g/mol. The predicted molar refractivity (Wildman–Crippen MR) is 183 cm³/mol. The van der Waals surface area contributed by atoms with Crippen molar-refractivity contribution in [1.29, 1.82) is 0 Å². The van der Waals surface area contributed by atoms with Gasteiger partial charge in [-0.25, -0.2) is 14.4 Å². The third-order valence-corrected chi connectivity index (χ3v) is 8.26. The van der Waals surface area contributed by atoms with Crippen LogP contribution in [0.15, 0.2) is 24.3 Å². The van der Waals surface area contributed by atoms with Crippen molar-refractivity contribution in [2.24, 2.45) is 11.8 Å². The minimum atomic E-state index is -1.40. The van der Waals surface area contributed by atoms with Crippen LogP contribution >= 0.6 is 0 Å². The highest BCUT2D eigenvalue weighted by Gasteiger charge is 2.44. The highest BCUT2D eigenvalue weighted by molar-refractivity contribution is 5.91. The van der Waals surface area contributed by atoms with E-state index in [2.05, 4.69) is 21.3 Å². The summed E-state index contributed by atoms with van der Waals surface area (Å²) in [5.74, 6) is -0.0821. The number of amides is 4. The molecule has 2 bridgehead atoms. The van der Waals surface area contributed by atoms with Gasteiger partial charge in [0.25, 0.3) is 0 Å². The quantitative estimate of drug-likeness (QED) is 0.294. The van der Waals surface area contributed by atoms with Gasteiger partial charge in [0.15, 0.2) is 0 Å². The molecule has 3 aliphatic rings. The minimum Gasteiger partial charge on any atom is -0.494 e. The number of urea groups is 1. The van der Waals surface area contributed by atoms with Crippen LogP contribution in [0.2, 0.25) is 0 Å². The first-order chi connectivity index (χ1) is 22.3. The smallest absolute Gasteiger partial charge is 0.407 e. The van der Waals surface area contributed by atoms with Gasteiger partial charge in [0.2, 0.25) is 5.91 Å². The molecule has 4 amide bonds. The minimum absolute atomic E-state index is 0.0289. The van der Waals surface area contributed by atoms with Crippen molar-refractivity contribution < 1.29 is 38.1 Å². The lowest BCUT2D eigenvalue weighted by Gasteiger charge is -2.41. The molecule has 2 aliphatic heterocycles. The van der Waals surface area contributed by atoms with Gasteiger partial charge in [-0.05, 0) is 110 Å². The second-order valence-electron chi connectivity index (χ2n) is 15.7. The first kappa shape index (κ1) is 38.9. The van der Waals surface area contributed by atoms with Crippen LogP contribution in [0.25, 0.3) is 0 Å². The maximum absolute atomic E-state index is 13.7. The number of benzene rings is 1. The molecule has 0 aromatic heterocycles. The molecule has 1 fully saturated rings. The van der Waals surface area contributed by atoms with E-state index in [9.17, 15) is 19.2 Å². The first-order valence-electron chi connectivity index (χ1n) is 17.2. The van der Waals surface area contributed by atoms with Crippen LogP contribution in [0.1, 0.15) is 100.0 Å². The second kappa shape index (κ2) is 16.7. The van der Waals surface area contributed by atoms with Crippen molar-refractivity contribution in [2.45, 2.75) is 136 Å². The summed E-state index contributed by atoms with van der Waals surface area (Å²) in [6.07, 6.45) is 2.93.